The molecule has 1 saturated heterocycles. The Morgan fingerprint density at radius 1 is 1.03 bits per heavy atom. The lowest BCUT2D eigenvalue weighted by Gasteiger charge is -2.21. The molecule has 2 aromatic carbocycles. The molecule has 1 aliphatic heterocycles. The Morgan fingerprint density at radius 2 is 1.84 bits per heavy atom. The maximum Gasteiger partial charge on any atom is 0.258 e. The molecule has 1 fully saturated rings. The second-order valence-corrected chi connectivity index (χ2v) is 9.68. The van der Waals surface area contributed by atoms with E-state index < -0.39 is 10.0 Å². The summed E-state index contributed by atoms with van der Waals surface area (Å²) in [6.45, 7) is 4.62. The first kappa shape index (κ1) is 21.5. The Hall–Kier alpha value is -2.74. The number of sulfonamides is 1. The molecular formula is C24H27N3O3S. The third-order valence-electron chi connectivity index (χ3n) is 5.59. The molecule has 0 spiro atoms. The molecule has 0 amide bonds. The van der Waals surface area contributed by atoms with Crippen molar-refractivity contribution in [2.75, 3.05) is 26.2 Å². The highest BCUT2D eigenvalue weighted by molar-refractivity contribution is 7.89. The van der Waals surface area contributed by atoms with Gasteiger partial charge in [-0.3, -0.25) is 4.79 Å². The largest absolute Gasteiger partial charge is 0.315 e. The summed E-state index contributed by atoms with van der Waals surface area (Å²) >= 11 is 0. The minimum atomic E-state index is -3.69. The Kier molecular flexibility index (Phi) is 6.36. The first-order valence-corrected chi connectivity index (χ1v) is 12.0. The molecule has 0 atom stereocenters. The fourth-order valence-corrected chi connectivity index (χ4v) is 5.80. The van der Waals surface area contributed by atoms with Crippen LogP contribution in [0.4, 0.5) is 0 Å². The van der Waals surface area contributed by atoms with Crippen molar-refractivity contribution in [1.82, 2.24) is 14.2 Å². The maximum absolute atomic E-state index is 13.4. The van der Waals surface area contributed by atoms with Crippen molar-refractivity contribution >= 4 is 26.9 Å². The molecule has 3 aromatic rings. The second kappa shape index (κ2) is 9.18. The monoisotopic (exact) mass is 437 g/mol. The first-order valence-electron chi connectivity index (χ1n) is 10.5. The van der Waals surface area contributed by atoms with E-state index in [-0.39, 0.29) is 10.5 Å². The number of nitrogens with one attached hydrogen (secondary N) is 1. The van der Waals surface area contributed by atoms with Gasteiger partial charge in [-0.1, -0.05) is 48.6 Å². The van der Waals surface area contributed by atoms with Gasteiger partial charge in [0.2, 0.25) is 10.0 Å². The van der Waals surface area contributed by atoms with Crippen LogP contribution < -0.4 is 10.9 Å². The van der Waals surface area contributed by atoms with Crippen molar-refractivity contribution in [2.24, 2.45) is 0 Å². The van der Waals surface area contributed by atoms with Crippen LogP contribution in [-0.2, 0) is 16.6 Å². The van der Waals surface area contributed by atoms with E-state index in [1.165, 1.54) is 4.31 Å². The molecule has 162 valence electrons. The number of hydrogen-bond acceptors (Lipinski definition) is 4. The zero-order chi connectivity index (χ0) is 21.8. The third-order valence-corrected chi connectivity index (χ3v) is 7.53. The van der Waals surface area contributed by atoms with Crippen molar-refractivity contribution in [1.29, 1.82) is 0 Å². The molecular weight excluding hydrogens is 410 g/mol. The van der Waals surface area contributed by atoms with E-state index in [0.29, 0.717) is 37.0 Å². The number of hydrogen-bond donors (Lipinski definition) is 1. The number of fused-ring (bicyclic) bond motifs is 1. The Morgan fingerprint density at radius 3 is 2.65 bits per heavy atom. The number of pyridine rings is 1. The number of benzene rings is 2. The molecule has 1 aromatic heterocycles. The van der Waals surface area contributed by atoms with Gasteiger partial charge in [-0.2, -0.15) is 4.31 Å². The van der Waals surface area contributed by atoms with Crippen LogP contribution in [0.1, 0.15) is 17.5 Å². The van der Waals surface area contributed by atoms with Crippen LogP contribution in [0, 0.1) is 6.92 Å². The van der Waals surface area contributed by atoms with Gasteiger partial charge in [-0.15, -0.1) is 0 Å². The van der Waals surface area contributed by atoms with E-state index in [1.807, 2.05) is 49.4 Å². The fourth-order valence-electron chi connectivity index (χ4n) is 4.05. The zero-order valence-electron chi connectivity index (χ0n) is 17.6. The third kappa shape index (κ3) is 4.49. The molecule has 0 bridgehead atoms. The molecule has 6 nitrogen and oxygen atoms in total. The molecule has 0 saturated carbocycles. The second-order valence-electron chi connectivity index (χ2n) is 7.77. The average Bonchev–Trinajstić information content (AvgIpc) is 3.08. The minimum absolute atomic E-state index is 0.187. The van der Waals surface area contributed by atoms with Crippen molar-refractivity contribution in [3.05, 3.63) is 82.3 Å². The normalized spacial score (nSPS) is 16.0. The van der Waals surface area contributed by atoms with Crippen molar-refractivity contribution in [3.63, 3.8) is 0 Å². The summed E-state index contributed by atoms with van der Waals surface area (Å²) < 4.78 is 30.0. The molecule has 0 unspecified atom stereocenters. The van der Waals surface area contributed by atoms with Crippen molar-refractivity contribution in [2.45, 2.75) is 24.8 Å². The van der Waals surface area contributed by atoms with E-state index in [1.54, 1.807) is 29.0 Å². The molecule has 1 aliphatic rings. The summed E-state index contributed by atoms with van der Waals surface area (Å²) in [5.41, 5.74) is 1.65. The van der Waals surface area contributed by atoms with Crippen LogP contribution in [0.25, 0.3) is 16.8 Å². The van der Waals surface area contributed by atoms with Gasteiger partial charge in [-0.05, 0) is 43.1 Å². The quantitative estimate of drug-likeness (QED) is 0.666. The van der Waals surface area contributed by atoms with Crippen LogP contribution >= 0.6 is 0 Å². The van der Waals surface area contributed by atoms with Gasteiger partial charge in [0.15, 0.2) is 0 Å². The molecule has 0 aliphatic carbocycles. The molecule has 31 heavy (non-hydrogen) atoms. The van der Waals surface area contributed by atoms with Gasteiger partial charge >= 0.3 is 0 Å². The van der Waals surface area contributed by atoms with Crippen LogP contribution in [-0.4, -0.2) is 43.5 Å². The summed E-state index contributed by atoms with van der Waals surface area (Å²) in [7, 11) is -3.69. The van der Waals surface area contributed by atoms with Crippen molar-refractivity contribution < 1.29 is 8.42 Å². The lowest BCUT2D eigenvalue weighted by atomic mass is 10.1. The van der Waals surface area contributed by atoms with E-state index in [9.17, 15) is 13.2 Å². The standard InChI is InChI=1S/C24H27N3O3S/c1-19-18-26(15-6-10-20-8-3-2-4-9-20)24(28)21-11-5-12-22(23(19)21)31(29,30)27-16-7-13-25-14-17-27/h2-6,8-12,18,25H,7,13-17H2,1H3/b10-6+. The summed E-state index contributed by atoms with van der Waals surface area (Å²) in [6.07, 6.45) is 6.43. The highest BCUT2D eigenvalue weighted by atomic mass is 32.2. The summed E-state index contributed by atoms with van der Waals surface area (Å²) in [5.74, 6) is 0. The Balaban J connectivity index is 1.73. The van der Waals surface area contributed by atoms with Gasteiger partial charge in [0.1, 0.15) is 0 Å². The lowest BCUT2D eigenvalue weighted by molar-refractivity contribution is 0.432. The van der Waals surface area contributed by atoms with Gasteiger partial charge in [0, 0.05) is 43.1 Å². The predicted octanol–water partition coefficient (Wildman–Crippen LogP) is 3.01. The molecule has 1 N–H and O–H groups in total. The smallest absolute Gasteiger partial charge is 0.258 e. The van der Waals surface area contributed by atoms with Crippen LogP contribution in [0.15, 0.2) is 70.5 Å². The summed E-state index contributed by atoms with van der Waals surface area (Å²) in [4.78, 5) is 13.4. The SMILES string of the molecule is Cc1cn(C/C=C/c2ccccc2)c(=O)c2cccc(S(=O)(=O)N3CCCNCC3)c12. The van der Waals surface area contributed by atoms with Crippen LogP contribution in [0.3, 0.4) is 0 Å². The molecule has 2 heterocycles. The molecule has 0 radical (unpaired) electrons. The Labute approximate surface area is 182 Å². The fraction of sp³-hybridized carbons (Fsp3) is 0.292. The van der Waals surface area contributed by atoms with Gasteiger partial charge in [-0.25, -0.2) is 8.42 Å². The first-order chi connectivity index (χ1) is 15.0. The predicted molar refractivity (Wildman–Crippen MR) is 125 cm³/mol. The highest BCUT2D eigenvalue weighted by Crippen LogP contribution is 2.27. The van der Waals surface area contributed by atoms with Crippen LogP contribution in [0.5, 0.6) is 0 Å². The number of aryl methyl sites for hydroxylation is 1. The van der Waals surface area contributed by atoms with E-state index in [0.717, 1.165) is 24.1 Å². The maximum atomic E-state index is 13.4. The number of aromatic nitrogens is 1. The van der Waals surface area contributed by atoms with E-state index in [2.05, 4.69) is 5.32 Å². The number of rotatable bonds is 5. The summed E-state index contributed by atoms with van der Waals surface area (Å²) in [5, 5.41) is 4.19. The van der Waals surface area contributed by atoms with E-state index >= 15 is 0 Å². The average molecular weight is 438 g/mol. The highest BCUT2D eigenvalue weighted by Gasteiger charge is 2.28. The minimum Gasteiger partial charge on any atom is -0.315 e. The topological polar surface area (TPSA) is 71.4 Å². The van der Waals surface area contributed by atoms with Crippen molar-refractivity contribution in [3.8, 4) is 0 Å². The van der Waals surface area contributed by atoms with Gasteiger partial charge < -0.3 is 9.88 Å². The lowest BCUT2D eigenvalue weighted by Crippen LogP contribution is -2.34. The van der Waals surface area contributed by atoms with Crippen LogP contribution in [0.2, 0.25) is 0 Å². The number of allylic oxidation sites excluding steroid dienone is 1. The number of nitrogens with zero attached hydrogens (tertiary/aromatic N) is 2. The van der Waals surface area contributed by atoms with E-state index in [4.69, 9.17) is 0 Å². The van der Waals surface area contributed by atoms with Gasteiger partial charge in [0.25, 0.3) is 5.56 Å². The summed E-state index contributed by atoms with van der Waals surface area (Å²) in [6, 6.07) is 14.9. The molecule has 7 heteroatoms. The zero-order valence-corrected chi connectivity index (χ0v) is 18.4. The van der Waals surface area contributed by atoms with Gasteiger partial charge in [0.05, 0.1) is 4.90 Å². The molecule has 4 rings (SSSR count). The Bertz CT molecular complexity index is 1260.